The molecule has 7 heteroatoms. The number of hydrogen-bond acceptors (Lipinski definition) is 4. The SMILES string of the molecule is Cc1ccc(OC[C@H](C)NC(=O)c2ccc(CN(c3cc(C)ccc3C)S(C)(=O)=O)cc2)cc1. The molecule has 0 spiro atoms. The van der Waals surface area contributed by atoms with E-state index in [-0.39, 0.29) is 18.5 Å². The molecule has 34 heavy (non-hydrogen) atoms. The average Bonchev–Trinajstić information content (AvgIpc) is 2.78. The van der Waals surface area contributed by atoms with E-state index in [4.69, 9.17) is 4.74 Å². The van der Waals surface area contributed by atoms with Gasteiger partial charge in [0.2, 0.25) is 10.0 Å². The summed E-state index contributed by atoms with van der Waals surface area (Å²) in [5, 5.41) is 2.93. The van der Waals surface area contributed by atoms with Gasteiger partial charge in [-0.1, -0.05) is 42.0 Å². The molecule has 0 aliphatic heterocycles. The molecule has 1 amide bonds. The van der Waals surface area contributed by atoms with Crippen LogP contribution in [-0.2, 0) is 16.6 Å². The lowest BCUT2D eigenvalue weighted by Crippen LogP contribution is -2.36. The summed E-state index contributed by atoms with van der Waals surface area (Å²) in [7, 11) is -3.49. The average molecular weight is 481 g/mol. The number of nitrogens with zero attached hydrogens (tertiary/aromatic N) is 1. The van der Waals surface area contributed by atoms with Gasteiger partial charge in [0.25, 0.3) is 5.91 Å². The van der Waals surface area contributed by atoms with Crippen molar-refractivity contribution in [2.45, 2.75) is 40.3 Å². The Morgan fingerprint density at radius 1 is 0.941 bits per heavy atom. The monoisotopic (exact) mass is 480 g/mol. The Labute approximate surface area is 202 Å². The number of amides is 1. The number of carbonyl (C=O) groups is 1. The number of benzene rings is 3. The van der Waals surface area contributed by atoms with Crippen LogP contribution in [0.15, 0.2) is 66.7 Å². The third-order valence-corrected chi connectivity index (χ3v) is 6.60. The van der Waals surface area contributed by atoms with Gasteiger partial charge in [-0.2, -0.15) is 0 Å². The van der Waals surface area contributed by atoms with Gasteiger partial charge in [0.05, 0.1) is 24.5 Å². The van der Waals surface area contributed by atoms with Crippen molar-refractivity contribution < 1.29 is 17.9 Å². The molecule has 0 fully saturated rings. The highest BCUT2D eigenvalue weighted by Gasteiger charge is 2.20. The third kappa shape index (κ3) is 6.84. The molecule has 0 radical (unpaired) electrons. The Kier molecular flexibility index (Phi) is 7.99. The van der Waals surface area contributed by atoms with E-state index < -0.39 is 10.0 Å². The lowest BCUT2D eigenvalue weighted by molar-refractivity contribution is 0.0926. The fourth-order valence-corrected chi connectivity index (χ4v) is 4.44. The van der Waals surface area contributed by atoms with Crippen molar-refractivity contribution in [1.82, 2.24) is 5.32 Å². The minimum Gasteiger partial charge on any atom is -0.491 e. The zero-order valence-electron chi connectivity index (χ0n) is 20.3. The second kappa shape index (κ2) is 10.7. The van der Waals surface area contributed by atoms with Gasteiger partial charge in [-0.15, -0.1) is 0 Å². The molecule has 3 aromatic rings. The number of rotatable bonds is 9. The predicted molar refractivity (Wildman–Crippen MR) is 137 cm³/mol. The smallest absolute Gasteiger partial charge is 0.251 e. The van der Waals surface area contributed by atoms with Crippen LogP contribution >= 0.6 is 0 Å². The van der Waals surface area contributed by atoms with Crippen LogP contribution < -0.4 is 14.4 Å². The van der Waals surface area contributed by atoms with Gasteiger partial charge in [0.15, 0.2) is 0 Å². The van der Waals surface area contributed by atoms with Crippen LogP contribution in [0.4, 0.5) is 5.69 Å². The predicted octanol–water partition coefficient (Wildman–Crippen LogP) is 4.78. The fourth-order valence-electron chi connectivity index (χ4n) is 3.50. The summed E-state index contributed by atoms with van der Waals surface area (Å²) in [5.41, 5.74) is 4.98. The molecule has 6 nitrogen and oxygen atoms in total. The summed E-state index contributed by atoms with van der Waals surface area (Å²) < 4.78 is 32.2. The first kappa shape index (κ1) is 25.3. The molecule has 0 heterocycles. The number of anilines is 1. The fraction of sp³-hybridized carbons (Fsp3) is 0.296. The van der Waals surface area contributed by atoms with Crippen LogP contribution in [0.3, 0.4) is 0 Å². The molecule has 3 aromatic carbocycles. The molecule has 0 aliphatic carbocycles. The van der Waals surface area contributed by atoms with Gasteiger partial charge in [0.1, 0.15) is 12.4 Å². The van der Waals surface area contributed by atoms with E-state index in [1.54, 1.807) is 24.3 Å². The molecule has 0 saturated carbocycles. The molecule has 1 N–H and O–H groups in total. The molecule has 3 rings (SSSR count). The minimum absolute atomic E-state index is 0.182. The zero-order valence-corrected chi connectivity index (χ0v) is 21.1. The van der Waals surface area contributed by atoms with E-state index in [1.165, 1.54) is 10.6 Å². The molecule has 0 bridgehead atoms. The number of hydrogen-bond donors (Lipinski definition) is 1. The van der Waals surface area contributed by atoms with Gasteiger partial charge >= 0.3 is 0 Å². The highest BCUT2D eigenvalue weighted by atomic mass is 32.2. The van der Waals surface area contributed by atoms with E-state index in [2.05, 4.69) is 5.32 Å². The quantitative estimate of drug-likeness (QED) is 0.478. The van der Waals surface area contributed by atoms with Crippen LogP contribution in [0.1, 0.15) is 39.5 Å². The normalized spacial score (nSPS) is 12.1. The largest absolute Gasteiger partial charge is 0.491 e. The highest BCUT2D eigenvalue weighted by Crippen LogP contribution is 2.26. The maximum atomic E-state index is 12.6. The van der Waals surface area contributed by atoms with Gasteiger partial charge in [-0.25, -0.2) is 8.42 Å². The second-order valence-corrected chi connectivity index (χ2v) is 10.7. The Balaban J connectivity index is 1.64. The molecule has 0 aromatic heterocycles. The van der Waals surface area contributed by atoms with Crippen LogP contribution in [0.5, 0.6) is 5.75 Å². The second-order valence-electron chi connectivity index (χ2n) is 8.76. The summed E-state index contributed by atoms with van der Waals surface area (Å²) in [6.45, 7) is 8.26. The van der Waals surface area contributed by atoms with E-state index in [0.29, 0.717) is 17.9 Å². The van der Waals surface area contributed by atoms with Gasteiger partial charge in [0, 0.05) is 5.56 Å². The summed E-state index contributed by atoms with van der Waals surface area (Å²) in [6, 6.07) is 20.3. The lowest BCUT2D eigenvalue weighted by Gasteiger charge is -2.25. The first-order valence-corrected chi connectivity index (χ1v) is 13.0. The summed E-state index contributed by atoms with van der Waals surface area (Å²) in [4.78, 5) is 12.6. The van der Waals surface area contributed by atoms with Crippen LogP contribution in [0.2, 0.25) is 0 Å². The molecule has 1 atom stereocenters. The van der Waals surface area contributed by atoms with Gasteiger partial charge in [-0.05, 0) is 74.7 Å². The third-order valence-electron chi connectivity index (χ3n) is 5.47. The Bertz CT molecular complexity index is 1240. The molecular weight excluding hydrogens is 448 g/mol. The standard InChI is InChI=1S/C27H32N2O4S/c1-19-7-14-25(15-8-19)33-18-22(4)28-27(30)24-12-10-23(11-13-24)17-29(34(5,31)32)26-16-20(2)6-9-21(26)3/h6-16,22H,17-18H2,1-5H3,(H,28,30)/t22-/m0/s1. The minimum atomic E-state index is -3.49. The van der Waals surface area contributed by atoms with Crippen molar-refractivity contribution in [2.75, 3.05) is 17.2 Å². The van der Waals surface area contributed by atoms with E-state index in [9.17, 15) is 13.2 Å². The topological polar surface area (TPSA) is 75.7 Å². The lowest BCUT2D eigenvalue weighted by atomic mass is 10.1. The number of carbonyl (C=O) groups excluding carboxylic acids is 1. The van der Waals surface area contributed by atoms with Gasteiger partial charge < -0.3 is 10.1 Å². The van der Waals surface area contributed by atoms with Crippen molar-refractivity contribution in [1.29, 1.82) is 0 Å². The van der Waals surface area contributed by atoms with Gasteiger partial charge in [-0.3, -0.25) is 9.10 Å². The van der Waals surface area contributed by atoms with Crippen molar-refractivity contribution in [2.24, 2.45) is 0 Å². The molecule has 180 valence electrons. The summed E-state index contributed by atoms with van der Waals surface area (Å²) in [5.74, 6) is 0.552. The van der Waals surface area contributed by atoms with Crippen molar-refractivity contribution >= 4 is 21.6 Å². The Morgan fingerprint density at radius 2 is 1.56 bits per heavy atom. The van der Waals surface area contributed by atoms with E-state index >= 15 is 0 Å². The van der Waals surface area contributed by atoms with Crippen LogP contribution in [0.25, 0.3) is 0 Å². The van der Waals surface area contributed by atoms with Crippen molar-refractivity contribution in [3.05, 3.63) is 94.5 Å². The zero-order chi connectivity index (χ0) is 24.9. The number of aryl methyl sites for hydroxylation is 3. The maximum Gasteiger partial charge on any atom is 0.251 e. The first-order valence-electron chi connectivity index (χ1n) is 11.2. The molecule has 0 saturated heterocycles. The van der Waals surface area contributed by atoms with E-state index in [1.807, 2.05) is 70.2 Å². The van der Waals surface area contributed by atoms with Crippen LogP contribution in [-0.4, -0.2) is 33.2 Å². The van der Waals surface area contributed by atoms with Crippen molar-refractivity contribution in [3.8, 4) is 5.75 Å². The summed E-state index contributed by atoms with van der Waals surface area (Å²) in [6.07, 6.45) is 1.21. The Hall–Kier alpha value is -3.32. The van der Waals surface area contributed by atoms with Crippen molar-refractivity contribution in [3.63, 3.8) is 0 Å². The highest BCUT2D eigenvalue weighted by molar-refractivity contribution is 7.92. The first-order chi connectivity index (χ1) is 16.0. The number of nitrogens with one attached hydrogen (secondary N) is 1. The van der Waals surface area contributed by atoms with E-state index in [0.717, 1.165) is 28.0 Å². The number of ether oxygens (including phenoxy) is 1. The van der Waals surface area contributed by atoms with Crippen LogP contribution in [0, 0.1) is 20.8 Å². The molecule has 0 unspecified atom stereocenters. The molecule has 0 aliphatic rings. The number of sulfonamides is 1. The Morgan fingerprint density at radius 3 is 2.18 bits per heavy atom. The summed E-state index contributed by atoms with van der Waals surface area (Å²) >= 11 is 0. The maximum absolute atomic E-state index is 12.6. The molecular formula is C27H32N2O4S.